The minimum Gasteiger partial charge on any atom is -0.339 e. The van der Waals surface area contributed by atoms with E-state index in [0.29, 0.717) is 23.9 Å². The first kappa shape index (κ1) is 8.72. The van der Waals surface area contributed by atoms with Gasteiger partial charge in [0, 0.05) is 31.1 Å². The molecule has 3 unspecified atom stereocenters. The fourth-order valence-electron chi connectivity index (χ4n) is 2.80. The lowest BCUT2D eigenvalue weighted by molar-refractivity contribution is -0.137. The molecule has 3 heteroatoms. The number of carbonyl (C=O) groups excluding carboxylic acids is 1. The van der Waals surface area contributed by atoms with Crippen LogP contribution in [0.4, 0.5) is 0 Å². The van der Waals surface area contributed by atoms with Gasteiger partial charge in [0.15, 0.2) is 0 Å². The molecule has 1 amide bonds. The topological polar surface area (TPSA) is 32.3 Å². The van der Waals surface area contributed by atoms with E-state index >= 15 is 0 Å². The normalized spacial score (nSPS) is 43.0. The summed E-state index contributed by atoms with van der Waals surface area (Å²) in [5.41, 5.74) is 0.284. The molecular formula is C11H18N2O. The van der Waals surface area contributed by atoms with Crippen LogP contribution in [0, 0.1) is 11.3 Å². The Labute approximate surface area is 84.8 Å². The van der Waals surface area contributed by atoms with Crippen molar-refractivity contribution in [2.75, 3.05) is 13.1 Å². The standard InChI is InChI=1S/C11H18N2O/c1-11(2)4-9(11)10(14)13-5-7-3-8(6-13)12-7/h7-9,12H,3-6H2,1-2H3. The largest absolute Gasteiger partial charge is 0.339 e. The average molecular weight is 194 g/mol. The molecule has 3 atom stereocenters. The van der Waals surface area contributed by atoms with E-state index in [1.807, 2.05) is 0 Å². The molecule has 4 rings (SSSR count). The molecule has 4 aliphatic rings. The van der Waals surface area contributed by atoms with Gasteiger partial charge in [-0.05, 0) is 18.3 Å². The van der Waals surface area contributed by atoms with Gasteiger partial charge >= 0.3 is 0 Å². The summed E-state index contributed by atoms with van der Waals surface area (Å²) < 4.78 is 0. The third-order valence-corrected chi connectivity index (χ3v) is 4.05. The van der Waals surface area contributed by atoms with Crippen LogP contribution in [0.5, 0.6) is 0 Å². The zero-order valence-corrected chi connectivity index (χ0v) is 8.92. The number of piperazine rings is 1. The number of carbonyl (C=O) groups is 1. The fraction of sp³-hybridized carbons (Fsp3) is 0.909. The molecule has 78 valence electrons. The highest BCUT2D eigenvalue weighted by atomic mass is 16.2. The molecule has 1 saturated carbocycles. The Kier molecular flexibility index (Phi) is 1.56. The van der Waals surface area contributed by atoms with E-state index in [9.17, 15) is 4.79 Å². The lowest BCUT2D eigenvalue weighted by Crippen LogP contribution is -2.67. The molecule has 0 aromatic heterocycles. The molecule has 3 heterocycles. The number of nitrogens with zero attached hydrogens (tertiary/aromatic N) is 1. The number of nitrogens with one attached hydrogen (secondary N) is 1. The van der Waals surface area contributed by atoms with E-state index in [0.717, 1.165) is 19.5 Å². The van der Waals surface area contributed by atoms with Gasteiger partial charge < -0.3 is 10.2 Å². The Morgan fingerprint density at radius 2 is 1.86 bits per heavy atom. The predicted octanol–water partition coefficient (Wildman–Crippen LogP) is 0.605. The van der Waals surface area contributed by atoms with E-state index < -0.39 is 0 Å². The van der Waals surface area contributed by atoms with E-state index in [2.05, 4.69) is 24.1 Å². The number of rotatable bonds is 1. The zero-order chi connectivity index (χ0) is 9.92. The molecule has 0 radical (unpaired) electrons. The Balaban J connectivity index is 1.64. The molecule has 4 fully saturated rings. The molecule has 3 saturated heterocycles. The minimum atomic E-state index is 0.284. The van der Waals surface area contributed by atoms with Crippen molar-refractivity contribution in [1.82, 2.24) is 10.2 Å². The average Bonchev–Trinajstić information content (AvgIpc) is 2.73. The molecule has 2 bridgehead atoms. The van der Waals surface area contributed by atoms with Crippen molar-refractivity contribution >= 4 is 5.91 Å². The summed E-state index contributed by atoms with van der Waals surface area (Å²) in [5, 5.41) is 3.45. The lowest BCUT2D eigenvalue weighted by Gasteiger charge is -2.48. The van der Waals surface area contributed by atoms with Crippen molar-refractivity contribution in [3.8, 4) is 0 Å². The van der Waals surface area contributed by atoms with Gasteiger partial charge in [-0.3, -0.25) is 4.79 Å². The van der Waals surface area contributed by atoms with Crippen LogP contribution in [0.15, 0.2) is 0 Å². The zero-order valence-electron chi connectivity index (χ0n) is 8.92. The van der Waals surface area contributed by atoms with Gasteiger partial charge in [0.1, 0.15) is 0 Å². The monoisotopic (exact) mass is 194 g/mol. The van der Waals surface area contributed by atoms with Crippen molar-refractivity contribution in [1.29, 1.82) is 0 Å². The second kappa shape index (κ2) is 2.51. The van der Waals surface area contributed by atoms with E-state index in [4.69, 9.17) is 0 Å². The highest BCUT2D eigenvalue weighted by Gasteiger charge is 2.53. The molecule has 0 aromatic rings. The minimum absolute atomic E-state index is 0.284. The molecular weight excluding hydrogens is 176 g/mol. The number of fused-ring (bicyclic) bond motifs is 2. The van der Waals surface area contributed by atoms with Crippen LogP contribution in [0.1, 0.15) is 26.7 Å². The maximum atomic E-state index is 12.0. The van der Waals surface area contributed by atoms with Crippen LogP contribution in [0.2, 0.25) is 0 Å². The van der Waals surface area contributed by atoms with Crippen molar-refractivity contribution in [3.05, 3.63) is 0 Å². The van der Waals surface area contributed by atoms with Gasteiger partial charge in [-0.1, -0.05) is 13.8 Å². The van der Waals surface area contributed by atoms with E-state index in [1.165, 1.54) is 6.42 Å². The maximum absolute atomic E-state index is 12.0. The molecule has 14 heavy (non-hydrogen) atoms. The highest BCUT2D eigenvalue weighted by molar-refractivity contribution is 5.82. The fourth-order valence-corrected chi connectivity index (χ4v) is 2.80. The summed E-state index contributed by atoms with van der Waals surface area (Å²) in [6.07, 6.45) is 2.36. The second-order valence-electron chi connectivity index (χ2n) is 5.78. The van der Waals surface area contributed by atoms with Crippen LogP contribution in [-0.2, 0) is 4.79 Å². The van der Waals surface area contributed by atoms with Gasteiger partial charge in [0.25, 0.3) is 0 Å². The summed E-state index contributed by atoms with van der Waals surface area (Å²) in [7, 11) is 0. The summed E-state index contributed by atoms with van der Waals surface area (Å²) in [6.45, 7) is 6.28. The predicted molar refractivity (Wildman–Crippen MR) is 53.8 cm³/mol. The SMILES string of the molecule is CC1(C)CC1C(=O)N1CC2CC(C1)N2. The third kappa shape index (κ3) is 1.18. The lowest BCUT2D eigenvalue weighted by atomic mass is 9.91. The first-order valence-corrected chi connectivity index (χ1v) is 5.61. The van der Waals surface area contributed by atoms with E-state index in [1.54, 1.807) is 0 Å². The number of piperidine rings is 1. The smallest absolute Gasteiger partial charge is 0.226 e. The second-order valence-corrected chi connectivity index (χ2v) is 5.78. The van der Waals surface area contributed by atoms with Gasteiger partial charge in [0.05, 0.1) is 0 Å². The molecule has 0 spiro atoms. The Morgan fingerprint density at radius 3 is 2.29 bits per heavy atom. The summed E-state index contributed by atoms with van der Waals surface area (Å²) in [5.74, 6) is 0.728. The Morgan fingerprint density at radius 1 is 1.36 bits per heavy atom. The Hall–Kier alpha value is -0.570. The van der Waals surface area contributed by atoms with Gasteiger partial charge in [-0.25, -0.2) is 0 Å². The van der Waals surface area contributed by atoms with Crippen molar-refractivity contribution < 1.29 is 4.79 Å². The molecule has 3 aliphatic heterocycles. The van der Waals surface area contributed by atoms with Crippen LogP contribution in [0.3, 0.4) is 0 Å². The van der Waals surface area contributed by atoms with Crippen LogP contribution >= 0.6 is 0 Å². The first-order chi connectivity index (χ1) is 6.56. The van der Waals surface area contributed by atoms with Crippen molar-refractivity contribution in [3.63, 3.8) is 0 Å². The van der Waals surface area contributed by atoms with Gasteiger partial charge in [-0.2, -0.15) is 0 Å². The summed E-state index contributed by atoms with van der Waals surface area (Å²) in [6, 6.07) is 1.19. The Bertz CT molecular complexity index is 271. The molecule has 0 aromatic carbocycles. The molecule has 1 N–H and O–H groups in total. The summed E-state index contributed by atoms with van der Waals surface area (Å²) >= 11 is 0. The number of hydrogen-bond donors (Lipinski definition) is 1. The first-order valence-electron chi connectivity index (χ1n) is 5.61. The highest BCUT2D eigenvalue weighted by Crippen LogP contribution is 2.52. The quantitative estimate of drug-likeness (QED) is 0.663. The number of hydrogen-bond acceptors (Lipinski definition) is 2. The summed E-state index contributed by atoms with van der Waals surface area (Å²) in [4.78, 5) is 14.1. The van der Waals surface area contributed by atoms with Gasteiger partial charge in [0.2, 0.25) is 5.91 Å². The third-order valence-electron chi connectivity index (χ3n) is 4.05. The van der Waals surface area contributed by atoms with Crippen molar-refractivity contribution in [2.45, 2.75) is 38.8 Å². The van der Waals surface area contributed by atoms with Crippen LogP contribution in [0.25, 0.3) is 0 Å². The molecule has 1 aliphatic carbocycles. The van der Waals surface area contributed by atoms with Gasteiger partial charge in [-0.15, -0.1) is 0 Å². The van der Waals surface area contributed by atoms with Crippen molar-refractivity contribution in [2.24, 2.45) is 11.3 Å². The van der Waals surface area contributed by atoms with Crippen LogP contribution in [-0.4, -0.2) is 36.0 Å². The number of amides is 1. The maximum Gasteiger partial charge on any atom is 0.226 e. The molecule has 3 nitrogen and oxygen atoms in total. The van der Waals surface area contributed by atoms with E-state index in [-0.39, 0.29) is 5.41 Å². The van der Waals surface area contributed by atoms with Crippen LogP contribution < -0.4 is 5.32 Å².